The average molecular weight is 375 g/mol. The van der Waals surface area contributed by atoms with E-state index in [2.05, 4.69) is 17.6 Å². The van der Waals surface area contributed by atoms with E-state index >= 15 is 0 Å². The lowest BCUT2D eigenvalue weighted by molar-refractivity contribution is -0.136. The fourth-order valence-corrected chi connectivity index (χ4v) is 5.61. The van der Waals surface area contributed by atoms with Crippen LogP contribution in [0.5, 0.6) is 0 Å². The maximum absolute atomic E-state index is 13.1. The lowest BCUT2D eigenvalue weighted by atomic mass is 9.80. The van der Waals surface area contributed by atoms with Gasteiger partial charge < -0.3 is 10.6 Å². The van der Waals surface area contributed by atoms with Crippen LogP contribution in [0.3, 0.4) is 0 Å². The Labute approximate surface area is 157 Å². The van der Waals surface area contributed by atoms with Crippen LogP contribution in [0.2, 0.25) is 0 Å². The van der Waals surface area contributed by atoms with Gasteiger partial charge in [0.2, 0.25) is 5.91 Å². The Morgan fingerprint density at radius 3 is 2.96 bits per heavy atom. The molecular weight excluding hydrogens is 350 g/mol. The van der Waals surface area contributed by atoms with Crippen molar-refractivity contribution >= 4 is 29.2 Å². The normalized spacial score (nSPS) is 31.0. The van der Waals surface area contributed by atoms with Gasteiger partial charge in [0.05, 0.1) is 0 Å². The van der Waals surface area contributed by atoms with Gasteiger partial charge in [-0.2, -0.15) is 0 Å². The van der Waals surface area contributed by atoms with Gasteiger partial charge in [-0.05, 0) is 49.5 Å². The summed E-state index contributed by atoms with van der Waals surface area (Å²) in [5.74, 6) is -0.0896. The van der Waals surface area contributed by atoms with Gasteiger partial charge in [-0.1, -0.05) is 19.8 Å². The minimum absolute atomic E-state index is 0.143. The zero-order valence-electron chi connectivity index (χ0n) is 15.0. The van der Waals surface area contributed by atoms with Crippen LogP contribution >= 0.6 is 11.3 Å². The predicted molar refractivity (Wildman–Crippen MR) is 98.7 cm³/mol. The van der Waals surface area contributed by atoms with Crippen LogP contribution in [0.1, 0.15) is 55.9 Å². The number of nitrogens with zero attached hydrogens (tertiary/aromatic N) is 1. The van der Waals surface area contributed by atoms with Crippen molar-refractivity contribution < 1.29 is 14.4 Å². The summed E-state index contributed by atoms with van der Waals surface area (Å²) in [4.78, 5) is 40.4. The Kier molecular flexibility index (Phi) is 4.50. The van der Waals surface area contributed by atoms with Crippen LogP contribution in [-0.4, -0.2) is 35.3 Å². The Bertz CT molecular complexity index is 746. The molecule has 1 aliphatic heterocycles. The SMILES string of the molecule is C[C@H]1CCCC[C@@H]1NC(=O)CN1C(=O)N[C@]2(CCCc3sccc32)C1=O. The second-order valence-electron chi connectivity index (χ2n) is 7.77. The molecule has 0 bridgehead atoms. The highest BCUT2D eigenvalue weighted by Gasteiger charge is 2.54. The summed E-state index contributed by atoms with van der Waals surface area (Å²) in [5, 5.41) is 7.89. The molecule has 0 unspecified atom stereocenters. The zero-order chi connectivity index (χ0) is 18.3. The lowest BCUT2D eigenvalue weighted by Crippen LogP contribution is -2.48. The van der Waals surface area contributed by atoms with E-state index in [1.807, 2.05) is 11.4 Å². The second kappa shape index (κ2) is 6.68. The fourth-order valence-electron chi connectivity index (χ4n) is 4.61. The van der Waals surface area contributed by atoms with Gasteiger partial charge in [0.1, 0.15) is 12.1 Å². The van der Waals surface area contributed by atoms with Crippen LogP contribution in [0.4, 0.5) is 4.79 Å². The van der Waals surface area contributed by atoms with Crippen LogP contribution in [0, 0.1) is 5.92 Å². The zero-order valence-corrected chi connectivity index (χ0v) is 15.9. The van der Waals surface area contributed by atoms with Crippen molar-refractivity contribution in [1.29, 1.82) is 0 Å². The Morgan fingerprint density at radius 2 is 2.15 bits per heavy atom. The third-order valence-electron chi connectivity index (χ3n) is 6.10. The summed E-state index contributed by atoms with van der Waals surface area (Å²) in [6.45, 7) is 1.95. The van der Waals surface area contributed by atoms with Crippen molar-refractivity contribution in [1.82, 2.24) is 15.5 Å². The van der Waals surface area contributed by atoms with Gasteiger partial charge in [0.25, 0.3) is 5.91 Å². The van der Waals surface area contributed by atoms with Gasteiger partial charge in [-0.25, -0.2) is 4.79 Å². The molecule has 1 spiro atoms. The Balaban J connectivity index is 1.48. The molecule has 1 saturated carbocycles. The molecule has 6 nitrogen and oxygen atoms in total. The van der Waals surface area contributed by atoms with E-state index < -0.39 is 11.6 Å². The molecule has 0 aromatic carbocycles. The number of amides is 4. The standard InChI is InChI=1S/C19H25N3O3S/c1-12-5-2-3-6-14(12)20-16(23)11-22-17(24)19(21-18(22)25)9-4-7-15-13(19)8-10-26-15/h8,10,12,14H,2-7,9,11H2,1H3,(H,20,23)(H,21,25)/t12-,14-,19-/m0/s1. The summed E-state index contributed by atoms with van der Waals surface area (Å²) < 4.78 is 0. The monoisotopic (exact) mass is 375 g/mol. The quantitative estimate of drug-likeness (QED) is 0.797. The number of hydrogen-bond donors (Lipinski definition) is 2. The molecule has 2 aliphatic carbocycles. The second-order valence-corrected chi connectivity index (χ2v) is 8.77. The van der Waals surface area contributed by atoms with Crippen LogP contribution in [-0.2, 0) is 21.5 Å². The molecule has 1 aromatic heterocycles. The van der Waals surface area contributed by atoms with Crippen LogP contribution in [0.15, 0.2) is 11.4 Å². The predicted octanol–water partition coefficient (Wildman–Crippen LogP) is 2.53. The first-order valence-electron chi connectivity index (χ1n) is 9.51. The highest BCUT2D eigenvalue weighted by Crippen LogP contribution is 2.42. The summed E-state index contributed by atoms with van der Waals surface area (Å²) in [7, 11) is 0. The Morgan fingerprint density at radius 1 is 1.35 bits per heavy atom. The van der Waals surface area contributed by atoms with Crippen molar-refractivity contribution in [2.75, 3.05) is 6.54 Å². The van der Waals surface area contributed by atoms with Crippen molar-refractivity contribution in [2.24, 2.45) is 5.92 Å². The number of nitrogens with one attached hydrogen (secondary N) is 2. The van der Waals surface area contributed by atoms with E-state index in [1.54, 1.807) is 11.3 Å². The van der Waals surface area contributed by atoms with Crippen LogP contribution < -0.4 is 10.6 Å². The van der Waals surface area contributed by atoms with Crippen molar-refractivity contribution in [3.05, 3.63) is 21.9 Å². The first-order valence-corrected chi connectivity index (χ1v) is 10.4. The molecule has 2 fully saturated rings. The van der Waals surface area contributed by atoms with Crippen LogP contribution in [0.25, 0.3) is 0 Å². The number of imide groups is 1. The first-order chi connectivity index (χ1) is 12.5. The minimum Gasteiger partial charge on any atom is -0.352 e. The lowest BCUT2D eigenvalue weighted by Gasteiger charge is -2.31. The molecule has 3 aliphatic rings. The smallest absolute Gasteiger partial charge is 0.325 e. The highest BCUT2D eigenvalue weighted by molar-refractivity contribution is 7.10. The number of fused-ring (bicyclic) bond motifs is 2. The number of hydrogen-bond acceptors (Lipinski definition) is 4. The van der Waals surface area contributed by atoms with Crippen molar-refractivity contribution in [3.8, 4) is 0 Å². The number of thiophene rings is 1. The van der Waals surface area contributed by atoms with Crippen molar-refractivity contribution in [3.63, 3.8) is 0 Å². The number of rotatable bonds is 3. The van der Waals surface area contributed by atoms with E-state index in [1.165, 1.54) is 6.42 Å². The van der Waals surface area contributed by atoms with Gasteiger partial charge in [0.15, 0.2) is 0 Å². The van der Waals surface area contributed by atoms with Gasteiger partial charge in [0, 0.05) is 16.5 Å². The van der Waals surface area contributed by atoms with Gasteiger partial charge in [-0.15, -0.1) is 11.3 Å². The largest absolute Gasteiger partial charge is 0.352 e. The summed E-state index contributed by atoms with van der Waals surface area (Å²) in [6.07, 6.45) is 6.79. The number of carbonyl (C=O) groups is 3. The highest BCUT2D eigenvalue weighted by atomic mass is 32.1. The maximum Gasteiger partial charge on any atom is 0.325 e. The summed E-state index contributed by atoms with van der Waals surface area (Å²) in [5.41, 5.74) is -0.0563. The summed E-state index contributed by atoms with van der Waals surface area (Å²) in [6, 6.07) is 1.62. The molecule has 26 heavy (non-hydrogen) atoms. The van der Waals surface area contributed by atoms with E-state index in [0.717, 1.165) is 47.4 Å². The number of urea groups is 1. The third kappa shape index (κ3) is 2.82. The van der Waals surface area contributed by atoms with Crippen molar-refractivity contribution in [2.45, 2.75) is 63.5 Å². The molecule has 7 heteroatoms. The molecule has 140 valence electrons. The molecule has 2 heterocycles. The number of carbonyl (C=O) groups excluding carboxylic acids is 3. The maximum atomic E-state index is 13.1. The first kappa shape index (κ1) is 17.5. The molecule has 0 radical (unpaired) electrons. The molecule has 4 rings (SSSR count). The van der Waals surface area contributed by atoms with Gasteiger partial charge >= 0.3 is 6.03 Å². The summed E-state index contributed by atoms with van der Waals surface area (Å²) >= 11 is 1.63. The molecule has 1 saturated heterocycles. The molecule has 1 aromatic rings. The van der Waals surface area contributed by atoms with E-state index in [4.69, 9.17) is 0 Å². The fraction of sp³-hybridized carbons (Fsp3) is 0.632. The third-order valence-corrected chi connectivity index (χ3v) is 7.08. The van der Waals surface area contributed by atoms with E-state index in [9.17, 15) is 14.4 Å². The molecule has 3 atom stereocenters. The Hall–Kier alpha value is -1.89. The van der Waals surface area contributed by atoms with Gasteiger partial charge in [-0.3, -0.25) is 14.5 Å². The molecule has 4 amide bonds. The molecular formula is C19H25N3O3S. The average Bonchev–Trinajstić information content (AvgIpc) is 3.18. The van der Waals surface area contributed by atoms with E-state index in [0.29, 0.717) is 12.3 Å². The number of aryl methyl sites for hydroxylation is 1. The minimum atomic E-state index is -0.969. The van der Waals surface area contributed by atoms with E-state index in [-0.39, 0.29) is 24.4 Å². The molecule has 2 N–H and O–H groups in total. The topological polar surface area (TPSA) is 78.5 Å².